The van der Waals surface area contributed by atoms with Crippen molar-refractivity contribution in [1.29, 1.82) is 0 Å². The Labute approximate surface area is 203 Å². The molecule has 0 aliphatic heterocycles. The number of rotatable bonds is 7. The first-order valence-electron chi connectivity index (χ1n) is 11.4. The van der Waals surface area contributed by atoms with E-state index in [0.29, 0.717) is 12.1 Å². The number of aryl methyl sites for hydroxylation is 3. The van der Waals surface area contributed by atoms with Crippen LogP contribution in [0.4, 0.5) is 5.13 Å². The zero-order valence-corrected chi connectivity index (χ0v) is 20.1. The molecule has 2 aromatic heterocycles. The van der Waals surface area contributed by atoms with Gasteiger partial charge in [-0.2, -0.15) is 0 Å². The summed E-state index contributed by atoms with van der Waals surface area (Å²) < 4.78 is 3.13. The van der Waals surface area contributed by atoms with Crippen LogP contribution in [0.15, 0.2) is 85.5 Å². The summed E-state index contributed by atoms with van der Waals surface area (Å²) in [6, 6.07) is 22.3. The van der Waals surface area contributed by atoms with Crippen LogP contribution in [0.25, 0.3) is 21.3 Å². The van der Waals surface area contributed by atoms with E-state index in [1.807, 2.05) is 58.1 Å². The highest BCUT2D eigenvalue weighted by Crippen LogP contribution is 2.33. The molecule has 5 aromatic rings. The summed E-state index contributed by atoms with van der Waals surface area (Å²) in [5, 5.41) is 0.742. The number of imidazole rings is 1. The van der Waals surface area contributed by atoms with Gasteiger partial charge in [0.15, 0.2) is 5.13 Å². The molecule has 5 nitrogen and oxygen atoms in total. The Hall–Kier alpha value is -3.77. The summed E-state index contributed by atoms with van der Waals surface area (Å²) in [7, 11) is 0. The molecule has 5 rings (SSSR count). The van der Waals surface area contributed by atoms with Crippen molar-refractivity contribution < 1.29 is 4.79 Å². The highest BCUT2D eigenvalue weighted by atomic mass is 32.1. The maximum atomic E-state index is 13.7. The van der Waals surface area contributed by atoms with Gasteiger partial charge in [0.05, 0.1) is 16.5 Å². The van der Waals surface area contributed by atoms with Crippen molar-refractivity contribution in [2.45, 2.75) is 26.8 Å². The molecule has 0 aliphatic carbocycles. The average molecular weight is 467 g/mol. The lowest BCUT2D eigenvalue weighted by atomic mass is 10.0. The van der Waals surface area contributed by atoms with Gasteiger partial charge in [-0.15, -0.1) is 0 Å². The van der Waals surface area contributed by atoms with E-state index in [2.05, 4.69) is 43.1 Å². The van der Waals surface area contributed by atoms with Gasteiger partial charge in [-0.05, 0) is 60.7 Å². The van der Waals surface area contributed by atoms with E-state index in [-0.39, 0.29) is 5.91 Å². The molecule has 0 aliphatic rings. The highest BCUT2D eigenvalue weighted by Gasteiger charge is 2.22. The van der Waals surface area contributed by atoms with Crippen LogP contribution in [0, 0.1) is 13.8 Å². The molecular formula is C28H26N4OS. The number of carbonyl (C=O) groups is 1. The highest BCUT2D eigenvalue weighted by molar-refractivity contribution is 7.22. The molecule has 0 radical (unpaired) electrons. The lowest BCUT2D eigenvalue weighted by molar-refractivity contribution is 0.0986. The first-order chi connectivity index (χ1) is 16.6. The van der Waals surface area contributed by atoms with Gasteiger partial charge in [0.25, 0.3) is 5.91 Å². The third-order valence-corrected chi connectivity index (χ3v) is 7.19. The molecule has 34 heavy (non-hydrogen) atoms. The summed E-state index contributed by atoms with van der Waals surface area (Å²) in [6.45, 7) is 5.56. The number of anilines is 1. The van der Waals surface area contributed by atoms with Crippen LogP contribution >= 0.6 is 11.3 Å². The lowest BCUT2D eigenvalue weighted by Gasteiger charge is -2.20. The summed E-state index contributed by atoms with van der Waals surface area (Å²) >= 11 is 1.57. The van der Waals surface area contributed by atoms with Gasteiger partial charge in [-0.1, -0.05) is 59.9 Å². The summed E-state index contributed by atoms with van der Waals surface area (Å²) in [5.41, 5.74) is 6.24. The van der Waals surface area contributed by atoms with E-state index >= 15 is 0 Å². The van der Waals surface area contributed by atoms with Gasteiger partial charge in [0, 0.05) is 31.0 Å². The minimum atomic E-state index is -0.0290. The minimum Gasteiger partial charge on any atom is -0.337 e. The predicted molar refractivity (Wildman–Crippen MR) is 139 cm³/mol. The molecule has 0 spiro atoms. The summed E-state index contributed by atoms with van der Waals surface area (Å²) in [5.74, 6) is -0.0290. The normalized spacial score (nSPS) is 11.1. The van der Waals surface area contributed by atoms with Crippen LogP contribution in [0.5, 0.6) is 0 Å². The Balaban J connectivity index is 1.44. The third kappa shape index (κ3) is 4.50. The fraction of sp³-hybridized carbons (Fsp3) is 0.179. The molecule has 0 bridgehead atoms. The molecule has 0 saturated heterocycles. The van der Waals surface area contributed by atoms with E-state index in [9.17, 15) is 4.79 Å². The molecule has 2 heterocycles. The summed E-state index contributed by atoms with van der Waals surface area (Å²) in [4.78, 5) is 24.5. The molecular weight excluding hydrogens is 440 g/mol. The van der Waals surface area contributed by atoms with Gasteiger partial charge < -0.3 is 4.57 Å². The SMILES string of the molecule is Cc1ccc2sc(N(CCCn3ccnc3)C(=O)c3ccc(-c4ccccc4)cc3)nc2c1C. The number of hydrogen-bond acceptors (Lipinski definition) is 4. The fourth-order valence-electron chi connectivity index (χ4n) is 4.04. The molecule has 170 valence electrons. The van der Waals surface area contributed by atoms with Gasteiger partial charge in [0.2, 0.25) is 0 Å². The van der Waals surface area contributed by atoms with E-state index < -0.39 is 0 Å². The first-order valence-corrected chi connectivity index (χ1v) is 12.2. The van der Waals surface area contributed by atoms with Crippen LogP contribution in [0.3, 0.4) is 0 Å². The fourth-order valence-corrected chi connectivity index (χ4v) is 5.09. The number of thiazole rings is 1. The van der Waals surface area contributed by atoms with Crippen molar-refractivity contribution in [3.63, 3.8) is 0 Å². The van der Waals surface area contributed by atoms with Gasteiger partial charge in [0.1, 0.15) is 0 Å². The van der Waals surface area contributed by atoms with E-state index in [4.69, 9.17) is 4.98 Å². The van der Waals surface area contributed by atoms with Crippen LogP contribution < -0.4 is 4.90 Å². The van der Waals surface area contributed by atoms with Gasteiger partial charge >= 0.3 is 0 Å². The monoisotopic (exact) mass is 466 g/mol. The Morgan fingerprint density at radius 2 is 1.74 bits per heavy atom. The predicted octanol–water partition coefficient (Wildman–Crippen LogP) is 6.51. The van der Waals surface area contributed by atoms with Gasteiger partial charge in [-0.25, -0.2) is 9.97 Å². The van der Waals surface area contributed by atoms with Crippen LogP contribution in [0.2, 0.25) is 0 Å². The van der Waals surface area contributed by atoms with Crippen LogP contribution in [-0.2, 0) is 6.54 Å². The second kappa shape index (κ2) is 9.61. The van der Waals surface area contributed by atoms with Crippen molar-refractivity contribution in [2.75, 3.05) is 11.4 Å². The van der Waals surface area contributed by atoms with Gasteiger partial charge in [-0.3, -0.25) is 9.69 Å². The minimum absolute atomic E-state index is 0.0290. The topological polar surface area (TPSA) is 51.0 Å². The number of hydrogen-bond donors (Lipinski definition) is 0. The van der Waals surface area contributed by atoms with Crippen molar-refractivity contribution >= 4 is 32.6 Å². The summed E-state index contributed by atoms with van der Waals surface area (Å²) in [6.07, 6.45) is 6.32. The second-order valence-electron chi connectivity index (χ2n) is 8.40. The Morgan fingerprint density at radius 3 is 2.47 bits per heavy atom. The Kier molecular flexibility index (Phi) is 6.23. The molecule has 6 heteroatoms. The number of aromatic nitrogens is 3. The largest absolute Gasteiger partial charge is 0.337 e. The number of amides is 1. The lowest BCUT2D eigenvalue weighted by Crippen LogP contribution is -2.32. The average Bonchev–Trinajstić information content (AvgIpc) is 3.55. The number of carbonyl (C=O) groups excluding carboxylic acids is 1. The molecule has 0 atom stereocenters. The molecule has 3 aromatic carbocycles. The van der Waals surface area contributed by atoms with Crippen molar-refractivity contribution in [3.8, 4) is 11.1 Å². The van der Waals surface area contributed by atoms with Crippen LogP contribution in [-0.4, -0.2) is 27.0 Å². The molecule has 0 fully saturated rings. The van der Waals surface area contributed by atoms with E-state index in [1.165, 1.54) is 5.56 Å². The number of fused-ring (bicyclic) bond motifs is 1. The van der Waals surface area contributed by atoms with E-state index in [1.54, 1.807) is 23.9 Å². The Morgan fingerprint density at radius 1 is 0.971 bits per heavy atom. The smallest absolute Gasteiger partial charge is 0.260 e. The Bertz CT molecular complexity index is 1410. The second-order valence-corrected chi connectivity index (χ2v) is 9.41. The zero-order valence-electron chi connectivity index (χ0n) is 19.3. The van der Waals surface area contributed by atoms with Crippen LogP contribution in [0.1, 0.15) is 27.9 Å². The molecule has 0 unspecified atom stereocenters. The first kappa shape index (κ1) is 22.0. The molecule has 0 N–H and O–H groups in total. The standard InChI is InChI=1S/C28H26N4OS/c1-20-9-14-25-26(21(20)2)30-28(34-25)32(17-6-16-31-18-15-29-19-31)27(33)24-12-10-23(11-13-24)22-7-4-3-5-8-22/h3-5,7-15,18-19H,6,16-17H2,1-2H3. The number of nitrogens with zero attached hydrogens (tertiary/aromatic N) is 4. The quantitative estimate of drug-likeness (QED) is 0.275. The zero-order chi connectivity index (χ0) is 23.5. The maximum Gasteiger partial charge on any atom is 0.260 e. The molecule has 1 amide bonds. The van der Waals surface area contributed by atoms with Crippen molar-refractivity contribution in [1.82, 2.24) is 14.5 Å². The van der Waals surface area contributed by atoms with Crippen molar-refractivity contribution in [2.24, 2.45) is 0 Å². The van der Waals surface area contributed by atoms with Crippen molar-refractivity contribution in [3.05, 3.63) is 102 Å². The molecule has 0 saturated carbocycles. The number of benzene rings is 3. The maximum absolute atomic E-state index is 13.7. The third-order valence-electron chi connectivity index (χ3n) is 6.15. The van der Waals surface area contributed by atoms with E-state index in [0.717, 1.165) is 45.0 Å².